The van der Waals surface area contributed by atoms with Crippen LogP contribution in [0.2, 0.25) is 0 Å². The smallest absolute Gasteiger partial charge is 0.0153 e. The van der Waals surface area contributed by atoms with Crippen LogP contribution in [0.25, 0.3) is 0 Å². The summed E-state index contributed by atoms with van der Waals surface area (Å²) < 4.78 is 0.813. The van der Waals surface area contributed by atoms with E-state index in [0.29, 0.717) is 6.04 Å². The number of hydrogen-bond acceptors (Lipinski definition) is 1. The Kier molecular flexibility index (Phi) is 2.37. The first-order chi connectivity index (χ1) is 4.13. The van der Waals surface area contributed by atoms with Crippen molar-refractivity contribution >= 4 is 22.6 Å². The number of alkyl halides is 1. The molecule has 0 radical (unpaired) electrons. The van der Waals surface area contributed by atoms with Crippen molar-refractivity contribution in [1.82, 2.24) is 0 Å². The molecule has 0 aromatic rings. The molecule has 0 aromatic heterocycles. The Morgan fingerprint density at radius 1 is 1.33 bits per heavy atom. The summed E-state index contributed by atoms with van der Waals surface area (Å²) >= 11 is 2.51. The van der Waals surface area contributed by atoms with Crippen LogP contribution in [-0.2, 0) is 0 Å². The molecule has 4 unspecified atom stereocenters. The van der Waals surface area contributed by atoms with Crippen molar-refractivity contribution < 1.29 is 0 Å². The van der Waals surface area contributed by atoms with Gasteiger partial charge in [-0.15, -0.1) is 0 Å². The second-order valence-electron chi connectivity index (χ2n) is 3.13. The molecular weight excluding hydrogens is 225 g/mol. The molecule has 0 spiro atoms. The Labute approximate surface area is 70.5 Å². The maximum atomic E-state index is 5.85. The van der Waals surface area contributed by atoms with Crippen LogP contribution in [-0.4, -0.2) is 9.97 Å². The van der Waals surface area contributed by atoms with E-state index in [1.54, 1.807) is 0 Å². The van der Waals surface area contributed by atoms with Crippen molar-refractivity contribution in [2.24, 2.45) is 17.6 Å². The third kappa shape index (κ3) is 1.40. The molecule has 0 heterocycles. The molecule has 2 heteroatoms. The van der Waals surface area contributed by atoms with Crippen molar-refractivity contribution in [3.63, 3.8) is 0 Å². The predicted octanol–water partition coefficient (Wildman–Crippen LogP) is 1.79. The van der Waals surface area contributed by atoms with Crippen molar-refractivity contribution in [3.05, 3.63) is 0 Å². The van der Waals surface area contributed by atoms with E-state index in [2.05, 4.69) is 36.4 Å². The highest BCUT2D eigenvalue weighted by molar-refractivity contribution is 14.1. The highest BCUT2D eigenvalue weighted by Gasteiger charge is 2.33. The van der Waals surface area contributed by atoms with Crippen molar-refractivity contribution in [2.45, 2.75) is 30.2 Å². The molecule has 0 aromatic carbocycles. The van der Waals surface area contributed by atoms with Gasteiger partial charge in [0, 0.05) is 9.97 Å². The SMILES string of the molecule is CC1C(N)CC(I)C1C. The van der Waals surface area contributed by atoms with Crippen LogP contribution in [0.4, 0.5) is 0 Å². The Balaban J connectivity index is 2.54. The van der Waals surface area contributed by atoms with E-state index in [0.717, 1.165) is 15.8 Å². The summed E-state index contributed by atoms with van der Waals surface area (Å²) in [4.78, 5) is 0. The molecule has 4 atom stereocenters. The normalized spacial score (nSPS) is 52.0. The zero-order chi connectivity index (χ0) is 7.02. The van der Waals surface area contributed by atoms with E-state index in [1.807, 2.05) is 0 Å². The van der Waals surface area contributed by atoms with Crippen LogP contribution in [0.15, 0.2) is 0 Å². The largest absolute Gasteiger partial charge is 0.327 e. The first kappa shape index (κ1) is 7.79. The van der Waals surface area contributed by atoms with E-state index < -0.39 is 0 Å². The van der Waals surface area contributed by atoms with Gasteiger partial charge >= 0.3 is 0 Å². The molecule has 1 nitrogen and oxygen atoms in total. The molecule has 1 aliphatic carbocycles. The zero-order valence-corrected chi connectivity index (χ0v) is 8.13. The maximum absolute atomic E-state index is 5.85. The number of nitrogens with two attached hydrogens (primary N) is 1. The summed E-state index contributed by atoms with van der Waals surface area (Å²) in [5, 5.41) is 0. The molecule has 0 bridgehead atoms. The van der Waals surface area contributed by atoms with Gasteiger partial charge in [-0.2, -0.15) is 0 Å². The highest BCUT2D eigenvalue weighted by Crippen LogP contribution is 2.35. The van der Waals surface area contributed by atoms with Crippen molar-refractivity contribution in [3.8, 4) is 0 Å². The molecule has 9 heavy (non-hydrogen) atoms. The first-order valence-electron chi connectivity index (χ1n) is 3.52. The van der Waals surface area contributed by atoms with E-state index in [4.69, 9.17) is 5.73 Å². The molecule has 0 aliphatic heterocycles. The lowest BCUT2D eigenvalue weighted by molar-refractivity contribution is 0.428. The van der Waals surface area contributed by atoms with E-state index >= 15 is 0 Å². The molecular formula is C7H14IN. The molecule has 0 saturated heterocycles. The average molecular weight is 239 g/mol. The van der Waals surface area contributed by atoms with Gasteiger partial charge in [-0.3, -0.25) is 0 Å². The highest BCUT2D eigenvalue weighted by atomic mass is 127. The monoisotopic (exact) mass is 239 g/mol. The van der Waals surface area contributed by atoms with E-state index in [-0.39, 0.29) is 0 Å². The summed E-state index contributed by atoms with van der Waals surface area (Å²) in [6, 6.07) is 0.460. The third-order valence-corrected chi connectivity index (χ3v) is 4.22. The minimum atomic E-state index is 0.460. The van der Waals surface area contributed by atoms with Gasteiger partial charge < -0.3 is 5.73 Å². The minimum absolute atomic E-state index is 0.460. The van der Waals surface area contributed by atoms with Gasteiger partial charge in [0.05, 0.1) is 0 Å². The fraction of sp³-hybridized carbons (Fsp3) is 1.00. The van der Waals surface area contributed by atoms with Gasteiger partial charge in [-0.1, -0.05) is 36.4 Å². The van der Waals surface area contributed by atoms with Gasteiger partial charge in [0.25, 0.3) is 0 Å². The third-order valence-electron chi connectivity index (χ3n) is 2.57. The molecule has 1 aliphatic rings. The predicted molar refractivity (Wildman–Crippen MR) is 48.7 cm³/mol. The van der Waals surface area contributed by atoms with Crippen molar-refractivity contribution in [1.29, 1.82) is 0 Å². The Morgan fingerprint density at radius 3 is 2.00 bits per heavy atom. The standard InChI is InChI=1S/C7H14IN/c1-4-5(2)7(9)3-6(4)8/h4-7H,3,9H2,1-2H3. The second-order valence-corrected chi connectivity index (χ2v) is 4.73. The topological polar surface area (TPSA) is 26.0 Å². The number of hydrogen-bond donors (Lipinski definition) is 1. The van der Waals surface area contributed by atoms with Crippen LogP contribution in [0.3, 0.4) is 0 Å². The van der Waals surface area contributed by atoms with Crippen LogP contribution < -0.4 is 5.73 Å². The molecule has 1 rings (SSSR count). The molecule has 1 saturated carbocycles. The zero-order valence-electron chi connectivity index (χ0n) is 5.97. The van der Waals surface area contributed by atoms with Gasteiger partial charge in [-0.05, 0) is 18.3 Å². The van der Waals surface area contributed by atoms with Gasteiger partial charge in [0.2, 0.25) is 0 Å². The summed E-state index contributed by atoms with van der Waals surface area (Å²) in [5.41, 5.74) is 5.85. The maximum Gasteiger partial charge on any atom is 0.0153 e. The second kappa shape index (κ2) is 2.74. The van der Waals surface area contributed by atoms with Crippen molar-refractivity contribution in [2.75, 3.05) is 0 Å². The lowest BCUT2D eigenvalue weighted by Gasteiger charge is -2.13. The summed E-state index contributed by atoms with van der Waals surface area (Å²) in [7, 11) is 0. The quantitative estimate of drug-likeness (QED) is 0.506. The Bertz CT molecular complexity index is 93.1. The molecule has 0 amide bonds. The Hall–Kier alpha value is 0.690. The minimum Gasteiger partial charge on any atom is -0.327 e. The lowest BCUT2D eigenvalue weighted by Crippen LogP contribution is -2.24. The summed E-state index contributed by atoms with van der Waals surface area (Å²) in [5.74, 6) is 1.55. The summed E-state index contributed by atoms with van der Waals surface area (Å²) in [6.07, 6.45) is 1.21. The average Bonchev–Trinajstić information content (AvgIpc) is 1.98. The number of halogens is 1. The first-order valence-corrected chi connectivity index (χ1v) is 4.77. The lowest BCUT2D eigenvalue weighted by atomic mass is 9.98. The van der Waals surface area contributed by atoms with Crippen LogP contribution in [0, 0.1) is 11.8 Å². The van der Waals surface area contributed by atoms with E-state index in [1.165, 1.54) is 6.42 Å². The van der Waals surface area contributed by atoms with Crippen LogP contribution >= 0.6 is 22.6 Å². The van der Waals surface area contributed by atoms with E-state index in [9.17, 15) is 0 Å². The Morgan fingerprint density at radius 2 is 1.89 bits per heavy atom. The van der Waals surface area contributed by atoms with Gasteiger partial charge in [-0.25, -0.2) is 0 Å². The van der Waals surface area contributed by atoms with Gasteiger partial charge in [0.15, 0.2) is 0 Å². The van der Waals surface area contributed by atoms with Crippen LogP contribution in [0.1, 0.15) is 20.3 Å². The molecule has 54 valence electrons. The fourth-order valence-electron chi connectivity index (χ4n) is 1.41. The van der Waals surface area contributed by atoms with Crippen LogP contribution in [0.5, 0.6) is 0 Å². The fourth-order valence-corrected chi connectivity index (χ4v) is 2.65. The molecule has 2 N–H and O–H groups in total. The summed E-state index contributed by atoms with van der Waals surface area (Å²) in [6.45, 7) is 4.56. The van der Waals surface area contributed by atoms with Gasteiger partial charge in [0.1, 0.15) is 0 Å². The molecule has 1 fully saturated rings. The number of rotatable bonds is 0.